The van der Waals surface area contributed by atoms with E-state index in [4.69, 9.17) is 34.8 Å². The first-order valence-corrected chi connectivity index (χ1v) is 5.46. The number of aromatic nitrogens is 1. The van der Waals surface area contributed by atoms with Crippen LogP contribution in [0.1, 0.15) is 0 Å². The van der Waals surface area contributed by atoms with Gasteiger partial charge in [-0.25, -0.2) is 4.98 Å². The predicted molar refractivity (Wildman–Crippen MR) is 56.4 cm³/mol. The van der Waals surface area contributed by atoms with Crippen LogP contribution in [0.15, 0.2) is 4.34 Å². The number of hydrogen-bond acceptors (Lipinski definition) is 4. The summed E-state index contributed by atoms with van der Waals surface area (Å²) < 4.78 is 1.41. The van der Waals surface area contributed by atoms with Crippen molar-refractivity contribution in [2.24, 2.45) is 0 Å². The lowest BCUT2D eigenvalue weighted by Gasteiger charge is -1.85. The molecule has 0 fully saturated rings. The molecule has 0 bridgehead atoms. The first-order valence-electron chi connectivity index (χ1n) is 2.28. The van der Waals surface area contributed by atoms with Crippen LogP contribution in [-0.2, 0) is 0 Å². The maximum Gasteiger partial charge on any atom is 0.160 e. The second-order valence-corrected chi connectivity index (χ2v) is 6.09. The molecule has 0 spiro atoms. The first kappa shape index (κ1) is 10.0. The number of thioether (sulfide) groups is 1. The summed E-state index contributed by atoms with van der Waals surface area (Å²) >= 11 is 23.7. The average Bonchev–Trinajstić information content (AvgIpc) is 2.10. The Hall–Kier alpha value is 0.940. The zero-order valence-electron chi connectivity index (χ0n) is 4.81. The van der Waals surface area contributed by atoms with Crippen molar-refractivity contribution < 1.29 is 0 Å². The molecule has 0 aliphatic heterocycles. The quantitative estimate of drug-likeness (QED) is 0.431. The Morgan fingerprint density at radius 3 is 2.55 bits per heavy atom. The number of thiazole rings is 1. The summed E-state index contributed by atoms with van der Waals surface area (Å²) in [6.45, 7) is 0. The summed E-state index contributed by atoms with van der Waals surface area (Å²) in [7, 11) is 0. The van der Waals surface area contributed by atoms with Crippen molar-refractivity contribution in [3.63, 3.8) is 0 Å². The molecule has 1 heterocycles. The average molecular weight is 265 g/mol. The molecule has 1 aromatic heterocycles. The lowest BCUT2D eigenvalue weighted by atomic mass is 11.0. The highest BCUT2D eigenvalue weighted by Crippen LogP contribution is 2.34. The second kappa shape index (κ2) is 4.25. The van der Waals surface area contributed by atoms with E-state index in [2.05, 4.69) is 17.2 Å². The van der Waals surface area contributed by atoms with Gasteiger partial charge in [0.1, 0.15) is 7.99 Å². The molecule has 1 aromatic rings. The van der Waals surface area contributed by atoms with Gasteiger partial charge in [0.25, 0.3) is 0 Å². The molecule has 7 heteroatoms. The van der Waals surface area contributed by atoms with E-state index in [1.54, 1.807) is 0 Å². The van der Waals surface area contributed by atoms with Gasteiger partial charge >= 0.3 is 0 Å². The normalized spacial score (nSPS) is 10.1. The first-order chi connectivity index (χ1) is 5.09. The molecule has 0 saturated heterocycles. The standard InChI is InChI=1S/C4Cl3NS3/c5-1-2(6)10-4(8-1)11-3(7)9. The Bertz CT molecular complexity index is 265. The van der Waals surface area contributed by atoms with Gasteiger partial charge < -0.3 is 0 Å². The highest BCUT2D eigenvalue weighted by Gasteiger charge is 2.08. The van der Waals surface area contributed by atoms with E-state index in [0.29, 0.717) is 13.8 Å². The summed E-state index contributed by atoms with van der Waals surface area (Å²) in [5.74, 6) is 0. The van der Waals surface area contributed by atoms with Gasteiger partial charge in [0.15, 0.2) is 9.49 Å². The van der Waals surface area contributed by atoms with Crippen molar-refractivity contribution in [2.45, 2.75) is 4.34 Å². The molecular weight excluding hydrogens is 265 g/mol. The second-order valence-electron chi connectivity index (χ2n) is 1.38. The summed E-state index contributed by atoms with van der Waals surface area (Å²) in [5, 5.41) is 0.298. The fourth-order valence-electron chi connectivity index (χ4n) is 0.378. The Balaban J connectivity index is 2.81. The van der Waals surface area contributed by atoms with Crippen molar-refractivity contribution in [3.05, 3.63) is 9.49 Å². The fourth-order valence-corrected chi connectivity index (χ4v) is 3.19. The molecule has 0 unspecified atom stereocenters. The van der Waals surface area contributed by atoms with Gasteiger partial charge in [0, 0.05) is 0 Å². The van der Waals surface area contributed by atoms with Crippen LogP contribution < -0.4 is 0 Å². The Kier molecular flexibility index (Phi) is 3.88. The molecule has 60 valence electrons. The molecule has 0 aliphatic rings. The summed E-state index contributed by atoms with van der Waals surface area (Å²) in [5.41, 5.74) is 0. The molecule has 0 atom stereocenters. The van der Waals surface area contributed by atoms with Crippen molar-refractivity contribution >= 4 is 73.8 Å². The zero-order valence-corrected chi connectivity index (χ0v) is 9.52. The van der Waals surface area contributed by atoms with Gasteiger partial charge in [-0.05, 0) is 11.8 Å². The lowest BCUT2D eigenvalue weighted by Crippen LogP contribution is -1.71. The number of halogens is 3. The third-order valence-electron chi connectivity index (χ3n) is 0.696. The largest absolute Gasteiger partial charge is 0.216 e. The van der Waals surface area contributed by atoms with E-state index in [0.717, 1.165) is 0 Å². The maximum absolute atomic E-state index is 5.64. The molecule has 1 nitrogen and oxygen atoms in total. The van der Waals surface area contributed by atoms with E-state index in [1.165, 1.54) is 23.1 Å². The van der Waals surface area contributed by atoms with Crippen LogP contribution in [0.2, 0.25) is 9.49 Å². The highest BCUT2D eigenvalue weighted by molar-refractivity contribution is 8.27. The van der Waals surface area contributed by atoms with Gasteiger partial charge in [0.05, 0.1) is 0 Å². The molecule has 0 amide bonds. The zero-order chi connectivity index (χ0) is 8.43. The van der Waals surface area contributed by atoms with Gasteiger partial charge in [0.2, 0.25) is 0 Å². The van der Waals surface area contributed by atoms with E-state index in [1.807, 2.05) is 0 Å². The smallest absolute Gasteiger partial charge is 0.160 e. The minimum absolute atomic E-state index is 0.284. The maximum atomic E-state index is 5.64. The van der Waals surface area contributed by atoms with Crippen molar-refractivity contribution in [2.75, 3.05) is 0 Å². The van der Waals surface area contributed by atoms with E-state index >= 15 is 0 Å². The fraction of sp³-hybridized carbons (Fsp3) is 0. The van der Waals surface area contributed by atoms with Crippen molar-refractivity contribution in [1.29, 1.82) is 0 Å². The number of hydrogen-bond donors (Lipinski definition) is 0. The molecule has 0 aliphatic carbocycles. The molecular formula is C4Cl3NS3. The predicted octanol–water partition coefficient (Wildman–Crippen LogP) is 4.07. The molecule has 0 radical (unpaired) electrons. The minimum atomic E-state index is 0.284. The van der Waals surface area contributed by atoms with Crippen LogP contribution in [0.5, 0.6) is 0 Å². The number of rotatable bonds is 1. The van der Waals surface area contributed by atoms with E-state index in [-0.39, 0.29) is 3.66 Å². The van der Waals surface area contributed by atoms with Crippen molar-refractivity contribution in [1.82, 2.24) is 4.98 Å². The van der Waals surface area contributed by atoms with Gasteiger partial charge in [-0.15, -0.1) is 0 Å². The van der Waals surface area contributed by atoms with Crippen LogP contribution in [0, 0.1) is 0 Å². The SMILES string of the molecule is S=C(Cl)Sc1nc(Cl)c(Cl)s1. The van der Waals surface area contributed by atoms with Crippen LogP contribution in [-0.4, -0.2) is 8.64 Å². The summed E-state index contributed by atoms with van der Waals surface area (Å²) in [6, 6.07) is 0. The van der Waals surface area contributed by atoms with Gasteiger partial charge in [-0.1, -0.05) is 58.4 Å². The topological polar surface area (TPSA) is 12.9 Å². The highest BCUT2D eigenvalue weighted by atomic mass is 35.5. The van der Waals surface area contributed by atoms with Crippen LogP contribution in [0.3, 0.4) is 0 Å². The molecule has 11 heavy (non-hydrogen) atoms. The van der Waals surface area contributed by atoms with Crippen LogP contribution in [0.25, 0.3) is 0 Å². The Morgan fingerprint density at radius 1 is 1.55 bits per heavy atom. The number of nitrogens with zero attached hydrogens (tertiary/aromatic N) is 1. The Labute approximate surface area is 92.0 Å². The summed E-state index contributed by atoms with van der Waals surface area (Å²) in [4.78, 5) is 3.89. The molecule has 1 rings (SSSR count). The number of thiocarbonyl (C=S) groups is 1. The third kappa shape index (κ3) is 3.05. The molecule has 0 aromatic carbocycles. The van der Waals surface area contributed by atoms with Gasteiger partial charge in [-0.2, -0.15) is 0 Å². The van der Waals surface area contributed by atoms with Crippen LogP contribution >= 0.6 is 70.1 Å². The lowest BCUT2D eigenvalue weighted by molar-refractivity contribution is 1.26. The monoisotopic (exact) mass is 263 g/mol. The van der Waals surface area contributed by atoms with Crippen molar-refractivity contribution in [3.8, 4) is 0 Å². The van der Waals surface area contributed by atoms with E-state index < -0.39 is 0 Å². The molecule has 0 saturated carbocycles. The summed E-state index contributed by atoms with van der Waals surface area (Å²) in [6.07, 6.45) is 0. The molecule has 0 N–H and O–H groups in total. The third-order valence-corrected chi connectivity index (χ3v) is 3.64. The minimum Gasteiger partial charge on any atom is -0.216 e. The van der Waals surface area contributed by atoms with Crippen LogP contribution in [0.4, 0.5) is 0 Å². The van der Waals surface area contributed by atoms with Gasteiger partial charge in [-0.3, -0.25) is 0 Å². The Morgan fingerprint density at radius 2 is 2.18 bits per heavy atom. The van der Waals surface area contributed by atoms with E-state index in [9.17, 15) is 0 Å².